The normalized spacial score (nSPS) is 22.3. The maximum atomic E-state index is 5.60. The van der Waals surface area contributed by atoms with Crippen molar-refractivity contribution in [2.45, 2.75) is 37.5 Å². The third-order valence-corrected chi connectivity index (χ3v) is 5.31. The zero-order valence-corrected chi connectivity index (χ0v) is 12.4. The highest BCUT2D eigenvalue weighted by Gasteiger charge is 2.44. The van der Waals surface area contributed by atoms with Crippen molar-refractivity contribution in [3.8, 4) is 0 Å². The first-order valence-electron chi connectivity index (χ1n) is 7.90. The zero-order valence-electron chi connectivity index (χ0n) is 12.4. The molecule has 21 heavy (non-hydrogen) atoms. The van der Waals surface area contributed by atoms with Gasteiger partial charge in [-0.1, -0.05) is 48.8 Å². The third kappa shape index (κ3) is 2.01. The van der Waals surface area contributed by atoms with Gasteiger partial charge in [0.05, 0.1) is 5.41 Å². The van der Waals surface area contributed by atoms with Gasteiger partial charge in [-0.3, -0.25) is 0 Å². The topological polar surface area (TPSA) is 51.0 Å². The summed E-state index contributed by atoms with van der Waals surface area (Å²) in [6.07, 6.45) is 3.48. The molecule has 0 spiro atoms. The highest BCUT2D eigenvalue weighted by atomic mass is 16.5. The molecule has 1 aromatic carbocycles. The number of nitrogens with zero attached hydrogens (tertiary/aromatic N) is 2. The molecule has 110 valence electrons. The van der Waals surface area contributed by atoms with Gasteiger partial charge in [0, 0.05) is 5.92 Å². The van der Waals surface area contributed by atoms with Crippen LogP contribution in [0.15, 0.2) is 34.9 Å². The number of hydrogen-bond acceptors (Lipinski definition) is 4. The molecule has 0 amide bonds. The molecule has 1 aromatic heterocycles. The monoisotopic (exact) mass is 283 g/mol. The van der Waals surface area contributed by atoms with E-state index in [2.05, 4.69) is 47.7 Å². The first kappa shape index (κ1) is 13.0. The Morgan fingerprint density at radius 1 is 1.24 bits per heavy atom. The molecule has 1 aliphatic heterocycles. The van der Waals surface area contributed by atoms with E-state index in [9.17, 15) is 0 Å². The van der Waals surface area contributed by atoms with E-state index in [4.69, 9.17) is 9.51 Å². The van der Waals surface area contributed by atoms with Crippen molar-refractivity contribution in [3.05, 3.63) is 47.6 Å². The summed E-state index contributed by atoms with van der Waals surface area (Å²) in [6, 6.07) is 10.6. The molecule has 2 heterocycles. The van der Waals surface area contributed by atoms with Crippen LogP contribution in [-0.2, 0) is 5.41 Å². The van der Waals surface area contributed by atoms with Crippen LogP contribution in [-0.4, -0.2) is 23.2 Å². The molecule has 1 unspecified atom stereocenters. The van der Waals surface area contributed by atoms with E-state index in [1.54, 1.807) is 0 Å². The minimum atomic E-state index is -0.0133. The number of rotatable bonds is 4. The Labute approximate surface area is 124 Å². The highest BCUT2D eigenvalue weighted by molar-refractivity contribution is 5.35. The number of aromatic nitrogens is 2. The second kappa shape index (κ2) is 4.95. The van der Waals surface area contributed by atoms with Crippen molar-refractivity contribution in [1.29, 1.82) is 0 Å². The molecular weight excluding hydrogens is 262 g/mol. The van der Waals surface area contributed by atoms with Crippen molar-refractivity contribution in [1.82, 2.24) is 15.5 Å². The SMILES string of the molecule is CC(c1nc(C2(c3ccccc3)CCC2)no1)C1CNC1. The Balaban J connectivity index is 1.64. The molecule has 1 aliphatic carbocycles. The fraction of sp³-hybridized carbons (Fsp3) is 0.529. The summed E-state index contributed by atoms with van der Waals surface area (Å²) in [6.45, 7) is 4.31. The first-order valence-corrected chi connectivity index (χ1v) is 7.90. The van der Waals surface area contributed by atoms with Crippen LogP contribution in [0.1, 0.15) is 49.4 Å². The Kier molecular flexibility index (Phi) is 3.07. The van der Waals surface area contributed by atoms with Crippen LogP contribution in [0.2, 0.25) is 0 Å². The second-order valence-corrected chi connectivity index (χ2v) is 6.46. The van der Waals surface area contributed by atoms with Crippen molar-refractivity contribution < 1.29 is 4.52 Å². The van der Waals surface area contributed by atoms with E-state index in [1.807, 2.05) is 0 Å². The molecular formula is C17H21N3O. The Bertz CT molecular complexity index is 614. The molecule has 1 saturated carbocycles. The van der Waals surface area contributed by atoms with Gasteiger partial charge in [0.15, 0.2) is 5.82 Å². The summed E-state index contributed by atoms with van der Waals surface area (Å²) in [5.74, 6) is 2.67. The number of benzene rings is 1. The fourth-order valence-corrected chi connectivity index (χ4v) is 3.41. The smallest absolute Gasteiger partial charge is 0.229 e. The predicted molar refractivity (Wildman–Crippen MR) is 80.1 cm³/mol. The number of hydrogen-bond donors (Lipinski definition) is 1. The van der Waals surface area contributed by atoms with E-state index in [0.29, 0.717) is 11.8 Å². The molecule has 0 bridgehead atoms. The van der Waals surface area contributed by atoms with Gasteiger partial charge < -0.3 is 9.84 Å². The van der Waals surface area contributed by atoms with Gasteiger partial charge in [0.25, 0.3) is 0 Å². The van der Waals surface area contributed by atoms with Crippen LogP contribution in [0.25, 0.3) is 0 Å². The van der Waals surface area contributed by atoms with Crippen LogP contribution in [0.4, 0.5) is 0 Å². The van der Waals surface area contributed by atoms with Crippen molar-refractivity contribution in [3.63, 3.8) is 0 Å². The average molecular weight is 283 g/mol. The Morgan fingerprint density at radius 3 is 2.57 bits per heavy atom. The van der Waals surface area contributed by atoms with E-state index < -0.39 is 0 Å². The van der Waals surface area contributed by atoms with Gasteiger partial charge in [-0.15, -0.1) is 0 Å². The molecule has 1 N–H and O–H groups in total. The summed E-state index contributed by atoms with van der Waals surface area (Å²) in [5, 5.41) is 7.65. The third-order valence-electron chi connectivity index (χ3n) is 5.31. The molecule has 4 nitrogen and oxygen atoms in total. The van der Waals surface area contributed by atoms with Gasteiger partial charge in [0.1, 0.15) is 0 Å². The van der Waals surface area contributed by atoms with Gasteiger partial charge in [-0.05, 0) is 37.4 Å². The molecule has 2 aromatic rings. The number of nitrogens with one attached hydrogen (secondary N) is 1. The lowest BCUT2D eigenvalue weighted by Crippen LogP contribution is -2.44. The minimum absolute atomic E-state index is 0.0133. The van der Waals surface area contributed by atoms with E-state index in [-0.39, 0.29) is 5.41 Å². The molecule has 2 fully saturated rings. The van der Waals surface area contributed by atoms with Crippen molar-refractivity contribution in [2.75, 3.05) is 13.1 Å². The molecule has 1 atom stereocenters. The van der Waals surface area contributed by atoms with Gasteiger partial charge in [-0.25, -0.2) is 0 Å². The fourth-order valence-electron chi connectivity index (χ4n) is 3.41. The van der Waals surface area contributed by atoms with Gasteiger partial charge >= 0.3 is 0 Å². The standard InChI is InChI=1S/C17H21N3O/c1-12(13-10-18-11-13)15-19-16(20-21-15)17(8-5-9-17)14-6-3-2-4-7-14/h2-4,6-7,12-13,18H,5,8-11H2,1H3. The molecule has 0 radical (unpaired) electrons. The second-order valence-electron chi connectivity index (χ2n) is 6.46. The van der Waals surface area contributed by atoms with E-state index in [1.165, 1.54) is 12.0 Å². The van der Waals surface area contributed by atoms with E-state index in [0.717, 1.165) is 37.6 Å². The zero-order chi connectivity index (χ0) is 14.3. The van der Waals surface area contributed by atoms with E-state index >= 15 is 0 Å². The Morgan fingerprint density at radius 2 is 2.00 bits per heavy atom. The lowest BCUT2D eigenvalue weighted by atomic mass is 9.64. The summed E-state index contributed by atoms with van der Waals surface area (Å²) < 4.78 is 5.60. The largest absolute Gasteiger partial charge is 0.339 e. The average Bonchev–Trinajstić information content (AvgIpc) is 2.87. The maximum Gasteiger partial charge on any atom is 0.229 e. The predicted octanol–water partition coefficient (Wildman–Crippen LogP) is 2.86. The minimum Gasteiger partial charge on any atom is -0.339 e. The van der Waals surface area contributed by atoms with Gasteiger partial charge in [-0.2, -0.15) is 4.98 Å². The molecule has 2 aliphatic rings. The summed E-state index contributed by atoms with van der Waals surface area (Å²) in [7, 11) is 0. The summed E-state index contributed by atoms with van der Waals surface area (Å²) in [5.41, 5.74) is 1.31. The highest BCUT2D eigenvalue weighted by Crippen LogP contribution is 2.48. The summed E-state index contributed by atoms with van der Waals surface area (Å²) >= 11 is 0. The maximum absolute atomic E-state index is 5.60. The lowest BCUT2D eigenvalue weighted by Gasteiger charge is -2.39. The first-order chi connectivity index (χ1) is 10.3. The van der Waals surface area contributed by atoms with Crippen LogP contribution < -0.4 is 5.32 Å². The van der Waals surface area contributed by atoms with Crippen LogP contribution in [0.5, 0.6) is 0 Å². The van der Waals surface area contributed by atoms with Crippen molar-refractivity contribution >= 4 is 0 Å². The Hall–Kier alpha value is -1.68. The van der Waals surface area contributed by atoms with Crippen LogP contribution >= 0.6 is 0 Å². The molecule has 4 rings (SSSR count). The molecule has 1 saturated heterocycles. The molecule has 4 heteroatoms. The lowest BCUT2D eigenvalue weighted by molar-refractivity contribution is 0.246. The quantitative estimate of drug-likeness (QED) is 0.937. The summed E-state index contributed by atoms with van der Waals surface area (Å²) in [4.78, 5) is 4.78. The van der Waals surface area contributed by atoms with Crippen molar-refractivity contribution in [2.24, 2.45) is 5.92 Å². The van der Waals surface area contributed by atoms with Crippen LogP contribution in [0, 0.1) is 5.92 Å². The van der Waals surface area contributed by atoms with Crippen LogP contribution in [0.3, 0.4) is 0 Å². The van der Waals surface area contributed by atoms with Gasteiger partial charge in [0.2, 0.25) is 5.89 Å².